The molecule has 0 radical (unpaired) electrons. The molecule has 8 nitrogen and oxygen atoms in total. The van der Waals surface area contributed by atoms with E-state index in [1.54, 1.807) is 0 Å². The summed E-state index contributed by atoms with van der Waals surface area (Å²) in [6.07, 6.45) is 5.39. The summed E-state index contributed by atoms with van der Waals surface area (Å²) in [5.41, 5.74) is 0. The molecule has 0 aliphatic heterocycles. The van der Waals surface area contributed by atoms with E-state index in [0.29, 0.717) is 39.6 Å². The van der Waals surface area contributed by atoms with E-state index in [9.17, 15) is 14.4 Å². The van der Waals surface area contributed by atoms with Gasteiger partial charge in [-0.1, -0.05) is 5.92 Å². The Hall–Kier alpha value is -1.95. The third-order valence-electron chi connectivity index (χ3n) is 3.15. The maximum atomic E-state index is 11.9. The van der Waals surface area contributed by atoms with Gasteiger partial charge in [-0.15, -0.1) is 6.42 Å². The number of terminal acetylenes is 1. The van der Waals surface area contributed by atoms with Gasteiger partial charge in [-0.05, 0) is 6.92 Å². The Kier molecular flexibility index (Phi) is 13.3. The Morgan fingerprint density at radius 2 is 1.52 bits per heavy atom. The second-order valence-corrected chi connectivity index (χ2v) is 5.25. The van der Waals surface area contributed by atoms with Gasteiger partial charge in [0.25, 0.3) is 0 Å². The minimum absolute atomic E-state index is 0.0854. The number of hydrogen-bond acceptors (Lipinski definition) is 6. The lowest BCUT2D eigenvalue weighted by molar-refractivity contribution is -0.136. The molecule has 8 heteroatoms. The Morgan fingerprint density at radius 1 is 1.00 bits per heavy atom. The molecule has 0 aliphatic carbocycles. The van der Waals surface area contributed by atoms with Crippen LogP contribution in [-0.4, -0.2) is 81.8 Å². The first-order chi connectivity index (χ1) is 11.9. The number of rotatable bonds is 14. The van der Waals surface area contributed by atoms with Crippen LogP contribution in [0.1, 0.15) is 20.3 Å². The summed E-state index contributed by atoms with van der Waals surface area (Å²) in [5, 5.41) is 2.62. The average Bonchev–Trinajstić information content (AvgIpc) is 2.55. The topological polar surface area (TPSA) is 94.2 Å². The molecule has 0 aliphatic rings. The van der Waals surface area contributed by atoms with Crippen molar-refractivity contribution < 1.29 is 28.6 Å². The highest BCUT2D eigenvalue weighted by Gasteiger charge is 2.21. The van der Waals surface area contributed by atoms with Gasteiger partial charge in [-0.3, -0.25) is 14.4 Å². The number of ketones is 1. The molecule has 142 valence electrons. The number of likely N-dealkylation sites (N-methyl/N-ethyl adjacent to an activating group) is 1. The maximum absolute atomic E-state index is 11.9. The van der Waals surface area contributed by atoms with E-state index < -0.39 is 6.04 Å². The average molecular weight is 356 g/mol. The number of nitrogens with one attached hydrogen (secondary N) is 1. The number of Topliss-reactive ketones (excluding diaryl/α,β-unsaturated/α-hetero) is 1. The Labute approximate surface area is 149 Å². The van der Waals surface area contributed by atoms with E-state index in [1.165, 1.54) is 25.8 Å². The lowest BCUT2D eigenvalue weighted by Gasteiger charge is -2.21. The molecular formula is C17H28N2O6. The van der Waals surface area contributed by atoms with E-state index in [1.807, 2.05) is 0 Å². The normalized spacial score (nSPS) is 11.4. The summed E-state index contributed by atoms with van der Waals surface area (Å²) < 4.78 is 15.8. The first-order valence-corrected chi connectivity index (χ1v) is 8.10. The summed E-state index contributed by atoms with van der Waals surface area (Å²) in [6, 6.07) is -0.832. The first-order valence-electron chi connectivity index (χ1n) is 8.10. The molecule has 0 rings (SSSR count). The second kappa shape index (κ2) is 14.4. The summed E-state index contributed by atoms with van der Waals surface area (Å²) >= 11 is 0. The van der Waals surface area contributed by atoms with Gasteiger partial charge in [0.05, 0.1) is 46.1 Å². The van der Waals surface area contributed by atoms with Crippen LogP contribution in [0.15, 0.2) is 0 Å². The van der Waals surface area contributed by atoms with Crippen LogP contribution in [0.2, 0.25) is 0 Å². The molecule has 1 N–H and O–H groups in total. The van der Waals surface area contributed by atoms with E-state index in [2.05, 4.69) is 11.2 Å². The lowest BCUT2D eigenvalue weighted by atomic mass is 10.2. The lowest BCUT2D eigenvalue weighted by Crippen LogP contribution is -2.40. The molecule has 25 heavy (non-hydrogen) atoms. The van der Waals surface area contributed by atoms with Gasteiger partial charge in [0, 0.05) is 20.5 Å². The molecule has 0 saturated heterocycles. The number of hydrogen-bond donors (Lipinski definition) is 1. The number of carbonyl (C=O) groups is 3. The fourth-order valence-corrected chi connectivity index (χ4v) is 1.82. The highest BCUT2D eigenvalue weighted by Crippen LogP contribution is 2.00. The molecule has 0 aromatic rings. The van der Waals surface area contributed by atoms with Crippen LogP contribution in [-0.2, 0) is 28.6 Å². The molecular weight excluding hydrogens is 328 g/mol. The largest absolute Gasteiger partial charge is 0.379 e. The zero-order valence-corrected chi connectivity index (χ0v) is 15.2. The van der Waals surface area contributed by atoms with Crippen LogP contribution in [0.3, 0.4) is 0 Å². The van der Waals surface area contributed by atoms with Gasteiger partial charge in [-0.25, -0.2) is 0 Å². The minimum Gasteiger partial charge on any atom is -0.379 e. The van der Waals surface area contributed by atoms with Gasteiger partial charge in [0.1, 0.15) is 0 Å². The van der Waals surface area contributed by atoms with E-state index >= 15 is 0 Å². The maximum Gasteiger partial charge on any atom is 0.225 e. The standard InChI is InChI=1S/C17H28N2O6/c1-5-16(14(2)20)19(4)17(22)6-8-23-10-12-25-13-11-24-9-7-18-15(3)21/h1,16H,6-13H2,2-4H3,(H,18,21)/t16-/m1/s1. The van der Waals surface area contributed by atoms with Crippen LogP contribution in [0.5, 0.6) is 0 Å². The molecule has 0 aromatic heterocycles. The van der Waals surface area contributed by atoms with Crippen molar-refractivity contribution in [2.45, 2.75) is 26.3 Å². The van der Waals surface area contributed by atoms with Crippen molar-refractivity contribution >= 4 is 17.6 Å². The first kappa shape index (κ1) is 23.1. The molecule has 0 spiro atoms. The fourth-order valence-electron chi connectivity index (χ4n) is 1.82. The van der Waals surface area contributed by atoms with Gasteiger partial charge >= 0.3 is 0 Å². The van der Waals surface area contributed by atoms with Gasteiger partial charge < -0.3 is 24.4 Å². The van der Waals surface area contributed by atoms with Crippen LogP contribution in [0.25, 0.3) is 0 Å². The molecule has 0 fully saturated rings. The third-order valence-corrected chi connectivity index (χ3v) is 3.15. The number of carbonyl (C=O) groups excluding carboxylic acids is 3. The SMILES string of the molecule is C#C[C@H](C(C)=O)N(C)C(=O)CCOCCOCCOCCNC(C)=O. The predicted octanol–water partition coefficient (Wildman–Crippen LogP) is -0.388. The highest BCUT2D eigenvalue weighted by atomic mass is 16.5. The molecule has 0 bridgehead atoms. The zero-order chi connectivity index (χ0) is 19.1. The summed E-state index contributed by atoms with van der Waals surface area (Å²) in [6.45, 7) is 5.55. The fraction of sp³-hybridized carbons (Fsp3) is 0.706. The molecule has 0 heterocycles. The Bertz CT molecular complexity index is 461. The summed E-state index contributed by atoms with van der Waals surface area (Å²) in [4.78, 5) is 35.0. The number of nitrogens with zero attached hydrogens (tertiary/aromatic N) is 1. The van der Waals surface area contributed by atoms with E-state index in [-0.39, 0.29) is 30.6 Å². The van der Waals surface area contributed by atoms with E-state index in [0.717, 1.165) is 0 Å². The van der Waals surface area contributed by atoms with E-state index in [4.69, 9.17) is 20.6 Å². The van der Waals surface area contributed by atoms with Gasteiger partial charge in [0.15, 0.2) is 11.8 Å². The molecule has 0 saturated carbocycles. The summed E-state index contributed by atoms with van der Waals surface area (Å²) in [5.74, 6) is 1.72. The highest BCUT2D eigenvalue weighted by molar-refractivity contribution is 5.89. The second-order valence-electron chi connectivity index (χ2n) is 5.25. The Balaban J connectivity index is 3.52. The third kappa shape index (κ3) is 12.1. The predicted molar refractivity (Wildman–Crippen MR) is 91.8 cm³/mol. The smallest absolute Gasteiger partial charge is 0.225 e. The Morgan fingerprint density at radius 3 is 2.00 bits per heavy atom. The van der Waals surface area contributed by atoms with Crippen LogP contribution in [0.4, 0.5) is 0 Å². The zero-order valence-electron chi connectivity index (χ0n) is 15.2. The van der Waals surface area contributed by atoms with Gasteiger partial charge in [0.2, 0.25) is 11.8 Å². The van der Waals surface area contributed by atoms with Crippen LogP contribution >= 0.6 is 0 Å². The quantitative estimate of drug-likeness (QED) is 0.337. The van der Waals surface area contributed by atoms with Crippen molar-refractivity contribution in [1.29, 1.82) is 0 Å². The van der Waals surface area contributed by atoms with Crippen molar-refractivity contribution in [3.05, 3.63) is 0 Å². The minimum atomic E-state index is -0.832. The monoisotopic (exact) mass is 356 g/mol. The van der Waals surface area contributed by atoms with Crippen molar-refractivity contribution in [3.63, 3.8) is 0 Å². The van der Waals surface area contributed by atoms with Crippen molar-refractivity contribution in [1.82, 2.24) is 10.2 Å². The van der Waals surface area contributed by atoms with Crippen molar-refractivity contribution in [2.75, 3.05) is 53.2 Å². The van der Waals surface area contributed by atoms with Gasteiger partial charge in [-0.2, -0.15) is 0 Å². The van der Waals surface area contributed by atoms with Crippen molar-refractivity contribution in [2.24, 2.45) is 0 Å². The molecule has 2 amide bonds. The molecule has 1 atom stereocenters. The number of amides is 2. The molecule has 0 aromatic carbocycles. The van der Waals surface area contributed by atoms with Crippen LogP contribution in [0, 0.1) is 12.3 Å². The van der Waals surface area contributed by atoms with Crippen LogP contribution < -0.4 is 5.32 Å². The summed E-state index contributed by atoms with van der Waals surface area (Å²) in [7, 11) is 1.50. The van der Waals surface area contributed by atoms with Crippen molar-refractivity contribution in [3.8, 4) is 12.3 Å². The molecule has 0 unspecified atom stereocenters. The number of ether oxygens (including phenoxy) is 3.